The number of nitrogens with zero attached hydrogens (tertiary/aromatic N) is 2. The number of nitro groups is 1. The average Bonchev–Trinajstić information content (AvgIpc) is 2.85. The van der Waals surface area contributed by atoms with Gasteiger partial charge in [-0.1, -0.05) is 0 Å². The largest absolute Gasteiger partial charge is 0.490 e. The van der Waals surface area contributed by atoms with Crippen LogP contribution in [0.15, 0.2) is 36.4 Å². The highest BCUT2D eigenvalue weighted by Crippen LogP contribution is 2.33. The van der Waals surface area contributed by atoms with Gasteiger partial charge in [0, 0.05) is 50.1 Å². The van der Waals surface area contributed by atoms with Crippen molar-refractivity contribution in [3.8, 4) is 11.5 Å². The maximum Gasteiger partial charge on any atom is 0.270 e. The van der Waals surface area contributed by atoms with E-state index < -0.39 is 10.8 Å². The summed E-state index contributed by atoms with van der Waals surface area (Å²) >= 11 is 0. The molecule has 1 amide bonds. The van der Waals surface area contributed by atoms with Crippen LogP contribution in [0.4, 0.5) is 17.1 Å². The van der Waals surface area contributed by atoms with Crippen LogP contribution in [0.25, 0.3) is 0 Å². The molecule has 26 heavy (non-hydrogen) atoms. The molecule has 0 saturated carbocycles. The molecular weight excluding hydrogens is 338 g/mol. The number of non-ortho nitro benzene ring substituents is 1. The van der Waals surface area contributed by atoms with Crippen molar-refractivity contribution in [3.63, 3.8) is 0 Å². The average molecular weight is 357 g/mol. The minimum absolute atomic E-state index is 0.139. The molecule has 1 N–H and O–H groups in total. The van der Waals surface area contributed by atoms with Gasteiger partial charge >= 0.3 is 0 Å². The molecule has 8 nitrogen and oxygen atoms in total. The molecule has 0 atom stereocenters. The number of nitro benzene ring substituents is 1. The van der Waals surface area contributed by atoms with E-state index in [4.69, 9.17) is 9.47 Å². The van der Waals surface area contributed by atoms with Gasteiger partial charge in [-0.05, 0) is 18.2 Å². The summed E-state index contributed by atoms with van der Waals surface area (Å²) in [4.78, 5) is 25.0. The van der Waals surface area contributed by atoms with Crippen molar-refractivity contribution in [2.24, 2.45) is 0 Å². The zero-order valence-electron chi connectivity index (χ0n) is 14.5. The smallest absolute Gasteiger partial charge is 0.270 e. The van der Waals surface area contributed by atoms with Crippen molar-refractivity contribution in [1.82, 2.24) is 0 Å². The SMILES string of the molecule is CN(C)c1ccc([N+](=O)[O-])cc1C(=O)Nc1ccc2c(c1)OCCCO2. The van der Waals surface area contributed by atoms with Crippen molar-refractivity contribution in [2.75, 3.05) is 37.5 Å². The third-order valence-electron chi connectivity index (χ3n) is 3.92. The number of benzene rings is 2. The van der Waals surface area contributed by atoms with E-state index in [1.54, 1.807) is 43.3 Å². The van der Waals surface area contributed by atoms with Gasteiger partial charge in [-0.15, -0.1) is 0 Å². The summed E-state index contributed by atoms with van der Waals surface area (Å²) in [6.07, 6.45) is 0.788. The molecule has 0 aliphatic carbocycles. The number of carbonyl (C=O) groups is 1. The first kappa shape index (κ1) is 17.5. The van der Waals surface area contributed by atoms with Crippen LogP contribution < -0.4 is 19.7 Å². The predicted molar refractivity (Wildman–Crippen MR) is 97.4 cm³/mol. The standard InChI is InChI=1S/C18H19N3O5/c1-20(2)15-6-5-13(21(23)24)11-14(15)18(22)19-12-4-7-16-17(10-12)26-9-3-8-25-16/h4-7,10-11H,3,8-9H2,1-2H3,(H,19,22). The molecule has 8 heteroatoms. The third kappa shape index (κ3) is 3.69. The van der Waals surface area contributed by atoms with Gasteiger partial charge in [0.25, 0.3) is 11.6 Å². The molecule has 0 bridgehead atoms. The van der Waals surface area contributed by atoms with Gasteiger partial charge in [-0.3, -0.25) is 14.9 Å². The molecule has 1 heterocycles. The maximum absolute atomic E-state index is 12.7. The van der Waals surface area contributed by atoms with Crippen LogP contribution in [-0.2, 0) is 0 Å². The summed E-state index contributed by atoms with van der Waals surface area (Å²) in [5, 5.41) is 13.8. The second-order valence-electron chi connectivity index (χ2n) is 6.02. The molecule has 0 spiro atoms. The third-order valence-corrected chi connectivity index (χ3v) is 3.92. The van der Waals surface area contributed by atoms with Gasteiger partial charge < -0.3 is 19.7 Å². The minimum Gasteiger partial charge on any atom is -0.490 e. The Morgan fingerprint density at radius 3 is 2.54 bits per heavy atom. The number of fused-ring (bicyclic) bond motifs is 1. The van der Waals surface area contributed by atoms with Crippen LogP contribution in [-0.4, -0.2) is 38.1 Å². The number of hydrogen-bond acceptors (Lipinski definition) is 6. The van der Waals surface area contributed by atoms with Gasteiger partial charge in [-0.25, -0.2) is 0 Å². The van der Waals surface area contributed by atoms with Crippen molar-refractivity contribution in [1.29, 1.82) is 0 Å². The van der Waals surface area contributed by atoms with E-state index in [2.05, 4.69) is 5.32 Å². The molecule has 2 aromatic carbocycles. The number of carbonyl (C=O) groups excluding carboxylic acids is 1. The fraction of sp³-hybridized carbons (Fsp3) is 0.278. The first-order chi connectivity index (χ1) is 12.5. The quantitative estimate of drug-likeness (QED) is 0.667. The van der Waals surface area contributed by atoms with Crippen LogP contribution >= 0.6 is 0 Å². The lowest BCUT2D eigenvalue weighted by molar-refractivity contribution is -0.384. The fourth-order valence-corrected chi connectivity index (χ4v) is 2.65. The molecule has 0 unspecified atom stereocenters. The van der Waals surface area contributed by atoms with E-state index in [0.29, 0.717) is 36.1 Å². The summed E-state index contributed by atoms with van der Waals surface area (Å²) in [6, 6.07) is 9.33. The Morgan fingerprint density at radius 2 is 1.85 bits per heavy atom. The van der Waals surface area contributed by atoms with Gasteiger partial charge in [0.2, 0.25) is 0 Å². The highest BCUT2D eigenvalue weighted by Gasteiger charge is 2.19. The number of anilines is 2. The highest BCUT2D eigenvalue weighted by atomic mass is 16.6. The van der Waals surface area contributed by atoms with Crippen LogP contribution in [0.1, 0.15) is 16.8 Å². The van der Waals surface area contributed by atoms with Crippen molar-refractivity contribution < 1.29 is 19.2 Å². The Morgan fingerprint density at radius 1 is 1.12 bits per heavy atom. The van der Waals surface area contributed by atoms with E-state index in [0.717, 1.165) is 6.42 Å². The first-order valence-electron chi connectivity index (χ1n) is 8.12. The number of ether oxygens (including phenoxy) is 2. The van der Waals surface area contributed by atoms with Crippen LogP contribution in [0.3, 0.4) is 0 Å². The molecular formula is C18H19N3O5. The topological polar surface area (TPSA) is 93.9 Å². The number of hydrogen-bond donors (Lipinski definition) is 1. The van der Waals surface area contributed by atoms with Gasteiger partial charge in [0.1, 0.15) is 0 Å². The zero-order chi connectivity index (χ0) is 18.7. The Hall–Kier alpha value is -3.29. The van der Waals surface area contributed by atoms with Crippen LogP contribution in [0, 0.1) is 10.1 Å². The minimum atomic E-state index is -0.524. The molecule has 0 saturated heterocycles. The number of rotatable bonds is 4. The number of nitrogens with one attached hydrogen (secondary N) is 1. The lowest BCUT2D eigenvalue weighted by atomic mass is 10.1. The van der Waals surface area contributed by atoms with Gasteiger partial charge in [-0.2, -0.15) is 0 Å². The fourth-order valence-electron chi connectivity index (χ4n) is 2.65. The van der Waals surface area contributed by atoms with E-state index in [9.17, 15) is 14.9 Å². The predicted octanol–water partition coefficient (Wildman–Crippen LogP) is 3.07. The molecule has 3 rings (SSSR count). The van der Waals surface area contributed by atoms with Crippen molar-refractivity contribution >= 4 is 23.0 Å². The second-order valence-corrected chi connectivity index (χ2v) is 6.02. The molecule has 0 aromatic heterocycles. The Bertz CT molecular complexity index is 851. The summed E-state index contributed by atoms with van der Waals surface area (Å²) < 4.78 is 11.2. The summed E-state index contributed by atoms with van der Waals surface area (Å²) in [5.74, 6) is 0.754. The van der Waals surface area contributed by atoms with Gasteiger partial charge in [0.15, 0.2) is 11.5 Å². The molecule has 2 aromatic rings. The zero-order valence-corrected chi connectivity index (χ0v) is 14.5. The van der Waals surface area contributed by atoms with Crippen LogP contribution in [0.2, 0.25) is 0 Å². The Balaban J connectivity index is 1.89. The molecule has 136 valence electrons. The lowest BCUT2D eigenvalue weighted by Gasteiger charge is -2.17. The lowest BCUT2D eigenvalue weighted by Crippen LogP contribution is -2.18. The Labute approximate surface area is 150 Å². The Kier molecular flexibility index (Phi) is 4.92. The van der Waals surface area contributed by atoms with Crippen molar-refractivity contribution in [3.05, 3.63) is 52.1 Å². The maximum atomic E-state index is 12.7. The van der Waals surface area contributed by atoms with E-state index >= 15 is 0 Å². The monoisotopic (exact) mass is 357 g/mol. The molecule has 0 radical (unpaired) electrons. The summed E-state index contributed by atoms with van der Waals surface area (Å²) in [5.41, 5.74) is 1.19. The second kappa shape index (κ2) is 7.30. The normalized spacial score (nSPS) is 12.8. The number of amides is 1. The summed E-state index contributed by atoms with van der Waals surface area (Å²) in [6.45, 7) is 1.12. The molecule has 1 aliphatic heterocycles. The highest BCUT2D eigenvalue weighted by molar-refractivity contribution is 6.08. The molecule has 0 fully saturated rings. The van der Waals surface area contributed by atoms with Crippen molar-refractivity contribution in [2.45, 2.75) is 6.42 Å². The first-order valence-corrected chi connectivity index (χ1v) is 8.12. The van der Waals surface area contributed by atoms with E-state index in [1.165, 1.54) is 12.1 Å². The van der Waals surface area contributed by atoms with E-state index in [1.807, 2.05) is 0 Å². The van der Waals surface area contributed by atoms with Gasteiger partial charge in [0.05, 0.1) is 23.7 Å². The summed E-state index contributed by atoms with van der Waals surface area (Å²) in [7, 11) is 3.54. The molecule has 1 aliphatic rings. The van der Waals surface area contributed by atoms with Crippen LogP contribution in [0.5, 0.6) is 11.5 Å². The van der Waals surface area contributed by atoms with E-state index in [-0.39, 0.29) is 11.3 Å².